The van der Waals surface area contributed by atoms with Gasteiger partial charge in [0, 0.05) is 17.0 Å². The third-order valence-electron chi connectivity index (χ3n) is 3.72. The average Bonchev–Trinajstić information content (AvgIpc) is 3.22. The molecule has 2 aromatic heterocycles. The third-order valence-corrected chi connectivity index (χ3v) is 4.54. The fourth-order valence-corrected chi connectivity index (χ4v) is 3.37. The quantitative estimate of drug-likeness (QED) is 0.439. The Kier molecular flexibility index (Phi) is 3.90. The lowest BCUT2D eigenvalue weighted by molar-refractivity contribution is -0.385. The van der Waals surface area contributed by atoms with Gasteiger partial charge in [-0.3, -0.25) is 20.2 Å². The second-order valence-corrected chi connectivity index (χ2v) is 6.18. The Morgan fingerprint density at radius 1 is 1.12 bits per heavy atom. The lowest BCUT2D eigenvalue weighted by Gasteiger charge is -2.02. The first-order valence-electron chi connectivity index (χ1n) is 7.58. The molecule has 0 atom stereocenters. The van der Waals surface area contributed by atoms with Crippen LogP contribution in [0.4, 0.5) is 11.6 Å². The van der Waals surface area contributed by atoms with Gasteiger partial charge in [0.25, 0.3) is 17.5 Å². The van der Waals surface area contributed by atoms with Crippen LogP contribution in [-0.4, -0.2) is 25.4 Å². The SMILES string of the molecule is O=C(Nc1nc2scc(-c3ccccc3)n2n1)c1ccccc1[N+](=O)[O-]. The minimum Gasteiger partial charge on any atom is -0.289 e. The van der Waals surface area contributed by atoms with Crippen LogP contribution in [0.25, 0.3) is 16.2 Å². The minimum absolute atomic E-state index is 0.0427. The van der Waals surface area contributed by atoms with Gasteiger partial charge in [-0.25, -0.2) is 4.52 Å². The molecular formula is C17H11N5O3S. The van der Waals surface area contributed by atoms with Gasteiger partial charge in [-0.2, -0.15) is 4.98 Å². The second kappa shape index (κ2) is 6.37. The van der Waals surface area contributed by atoms with Gasteiger partial charge in [0.15, 0.2) is 0 Å². The van der Waals surface area contributed by atoms with Crippen LogP contribution in [0.2, 0.25) is 0 Å². The van der Waals surface area contributed by atoms with Gasteiger partial charge >= 0.3 is 0 Å². The molecule has 0 fully saturated rings. The maximum Gasteiger partial charge on any atom is 0.282 e. The van der Waals surface area contributed by atoms with Gasteiger partial charge in [-0.05, 0) is 6.07 Å². The topological polar surface area (TPSA) is 102 Å². The molecule has 0 bridgehead atoms. The molecule has 0 aliphatic rings. The summed E-state index contributed by atoms with van der Waals surface area (Å²) in [5.41, 5.74) is 1.51. The van der Waals surface area contributed by atoms with Crippen LogP contribution in [0.3, 0.4) is 0 Å². The molecule has 0 spiro atoms. The lowest BCUT2D eigenvalue weighted by atomic mass is 10.1. The molecule has 2 heterocycles. The predicted molar refractivity (Wildman–Crippen MR) is 97.3 cm³/mol. The van der Waals surface area contributed by atoms with E-state index >= 15 is 0 Å². The van der Waals surface area contributed by atoms with Crippen molar-refractivity contribution in [2.24, 2.45) is 0 Å². The number of hydrogen-bond acceptors (Lipinski definition) is 6. The number of amides is 1. The molecule has 8 nitrogen and oxygen atoms in total. The summed E-state index contributed by atoms with van der Waals surface area (Å²) in [7, 11) is 0. The van der Waals surface area contributed by atoms with E-state index in [1.807, 2.05) is 35.7 Å². The van der Waals surface area contributed by atoms with Gasteiger partial charge in [-0.15, -0.1) is 16.4 Å². The van der Waals surface area contributed by atoms with Crippen molar-refractivity contribution in [3.8, 4) is 11.3 Å². The number of fused-ring (bicyclic) bond motifs is 1. The Balaban J connectivity index is 1.66. The van der Waals surface area contributed by atoms with Crippen molar-refractivity contribution in [1.29, 1.82) is 0 Å². The Bertz CT molecular complexity index is 1120. The van der Waals surface area contributed by atoms with Crippen molar-refractivity contribution in [2.75, 3.05) is 5.32 Å². The maximum absolute atomic E-state index is 12.4. The van der Waals surface area contributed by atoms with E-state index in [9.17, 15) is 14.9 Å². The molecule has 128 valence electrons. The molecule has 1 amide bonds. The zero-order valence-corrected chi connectivity index (χ0v) is 14.0. The van der Waals surface area contributed by atoms with Crippen molar-refractivity contribution < 1.29 is 9.72 Å². The zero-order chi connectivity index (χ0) is 18.1. The van der Waals surface area contributed by atoms with E-state index in [0.29, 0.717) is 4.96 Å². The molecule has 0 aliphatic carbocycles. The molecule has 1 N–H and O–H groups in total. The summed E-state index contributed by atoms with van der Waals surface area (Å²) >= 11 is 1.39. The smallest absolute Gasteiger partial charge is 0.282 e. The van der Waals surface area contributed by atoms with Crippen molar-refractivity contribution in [3.05, 3.63) is 75.7 Å². The van der Waals surface area contributed by atoms with Crippen molar-refractivity contribution in [2.45, 2.75) is 0 Å². The van der Waals surface area contributed by atoms with Crippen LogP contribution in [0.1, 0.15) is 10.4 Å². The van der Waals surface area contributed by atoms with Crippen molar-refractivity contribution in [3.63, 3.8) is 0 Å². The summed E-state index contributed by atoms with van der Waals surface area (Å²) in [6.45, 7) is 0. The van der Waals surface area contributed by atoms with Gasteiger partial charge in [0.2, 0.25) is 4.96 Å². The lowest BCUT2D eigenvalue weighted by Crippen LogP contribution is -2.15. The number of carbonyl (C=O) groups excluding carboxylic acids is 1. The standard InChI is InChI=1S/C17H11N5O3S/c23-15(12-8-4-5-9-13(12)22(24)25)18-16-19-17-21(20-16)14(10-26-17)11-6-2-1-3-7-11/h1-10H,(H,18,20,23). The van der Waals surface area contributed by atoms with E-state index in [4.69, 9.17) is 0 Å². The highest BCUT2D eigenvalue weighted by atomic mass is 32.1. The van der Waals surface area contributed by atoms with Crippen LogP contribution in [0.15, 0.2) is 60.0 Å². The van der Waals surface area contributed by atoms with E-state index in [0.717, 1.165) is 11.3 Å². The van der Waals surface area contributed by atoms with Gasteiger partial charge in [0.1, 0.15) is 5.56 Å². The van der Waals surface area contributed by atoms with Crippen molar-refractivity contribution in [1.82, 2.24) is 14.6 Å². The molecular weight excluding hydrogens is 354 g/mol. The van der Waals surface area contributed by atoms with Crippen LogP contribution in [0.5, 0.6) is 0 Å². The number of benzene rings is 2. The van der Waals surface area contributed by atoms with Gasteiger partial charge in [0.05, 0.1) is 10.6 Å². The number of rotatable bonds is 4. The Hall–Kier alpha value is -3.59. The third kappa shape index (κ3) is 2.80. The van der Waals surface area contributed by atoms with E-state index < -0.39 is 10.8 Å². The van der Waals surface area contributed by atoms with Crippen LogP contribution in [0, 0.1) is 10.1 Å². The average molecular weight is 365 g/mol. The monoisotopic (exact) mass is 365 g/mol. The number of nitro groups is 1. The number of carbonyl (C=O) groups is 1. The summed E-state index contributed by atoms with van der Waals surface area (Å²) in [6.07, 6.45) is 0. The Labute approximate surface area is 150 Å². The van der Waals surface area contributed by atoms with E-state index in [2.05, 4.69) is 15.4 Å². The van der Waals surface area contributed by atoms with Crippen LogP contribution >= 0.6 is 11.3 Å². The Morgan fingerprint density at radius 3 is 2.62 bits per heavy atom. The number of nitro benzene ring substituents is 1. The number of aromatic nitrogens is 3. The molecule has 0 radical (unpaired) electrons. The summed E-state index contributed by atoms with van der Waals surface area (Å²) in [6, 6.07) is 15.4. The fraction of sp³-hybridized carbons (Fsp3) is 0. The normalized spacial score (nSPS) is 10.8. The first-order chi connectivity index (χ1) is 12.6. The van der Waals surface area contributed by atoms with E-state index in [-0.39, 0.29) is 17.2 Å². The first-order valence-corrected chi connectivity index (χ1v) is 8.46. The van der Waals surface area contributed by atoms with E-state index in [1.165, 1.54) is 29.5 Å². The molecule has 4 aromatic rings. The molecule has 0 unspecified atom stereocenters. The second-order valence-electron chi connectivity index (χ2n) is 5.35. The molecule has 9 heteroatoms. The van der Waals surface area contributed by atoms with Crippen LogP contribution in [-0.2, 0) is 0 Å². The largest absolute Gasteiger partial charge is 0.289 e. The number of nitrogens with one attached hydrogen (secondary N) is 1. The number of para-hydroxylation sites is 1. The summed E-state index contributed by atoms with van der Waals surface area (Å²) in [5, 5.41) is 19.8. The Morgan fingerprint density at radius 2 is 1.85 bits per heavy atom. The number of thiazole rings is 1. The van der Waals surface area contributed by atoms with Gasteiger partial charge in [-0.1, -0.05) is 42.5 Å². The first kappa shape index (κ1) is 15.9. The summed E-state index contributed by atoms with van der Waals surface area (Å²) in [5.74, 6) is -0.533. The number of nitrogens with zero attached hydrogens (tertiary/aromatic N) is 4. The molecule has 26 heavy (non-hydrogen) atoms. The van der Waals surface area contributed by atoms with Crippen LogP contribution < -0.4 is 5.32 Å². The van der Waals surface area contributed by atoms with Gasteiger partial charge < -0.3 is 0 Å². The highest BCUT2D eigenvalue weighted by Gasteiger charge is 2.21. The molecule has 0 aliphatic heterocycles. The summed E-state index contributed by atoms with van der Waals surface area (Å²) < 4.78 is 1.63. The molecule has 0 saturated heterocycles. The summed E-state index contributed by atoms with van der Waals surface area (Å²) in [4.78, 5) is 27.7. The highest BCUT2D eigenvalue weighted by Crippen LogP contribution is 2.26. The minimum atomic E-state index is -0.628. The fourth-order valence-electron chi connectivity index (χ4n) is 2.54. The molecule has 2 aromatic carbocycles. The molecule has 0 saturated carbocycles. The van der Waals surface area contributed by atoms with Crippen molar-refractivity contribution >= 4 is 33.8 Å². The zero-order valence-electron chi connectivity index (χ0n) is 13.2. The maximum atomic E-state index is 12.4. The number of anilines is 1. The van der Waals surface area contributed by atoms with E-state index in [1.54, 1.807) is 10.6 Å². The highest BCUT2D eigenvalue weighted by molar-refractivity contribution is 7.15. The molecule has 4 rings (SSSR count). The predicted octanol–water partition coefficient (Wildman–Crippen LogP) is 3.62. The number of hydrogen-bond donors (Lipinski definition) is 1.